The molecule has 0 spiro atoms. The van der Waals surface area contributed by atoms with E-state index in [1.54, 1.807) is 20.8 Å². The number of hydrogen-bond donors (Lipinski definition) is 0. The lowest BCUT2D eigenvalue weighted by Crippen LogP contribution is -2.53. The molecule has 1 amide bonds. The molecule has 0 aliphatic carbocycles. The van der Waals surface area contributed by atoms with E-state index in [2.05, 4.69) is 0 Å². The summed E-state index contributed by atoms with van der Waals surface area (Å²) in [5.41, 5.74) is -0.645. The zero-order valence-corrected chi connectivity index (χ0v) is 12.3. The highest BCUT2D eigenvalue weighted by atomic mass is 16.6. The zero-order valence-electron chi connectivity index (χ0n) is 12.3. The Bertz CT molecular complexity index is 376. The van der Waals surface area contributed by atoms with Gasteiger partial charge in [-0.15, -0.1) is 0 Å². The monoisotopic (exact) mass is 287 g/mol. The van der Waals surface area contributed by atoms with E-state index in [0.29, 0.717) is 12.9 Å². The summed E-state index contributed by atoms with van der Waals surface area (Å²) in [7, 11) is 1.25. The van der Waals surface area contributed by atoms with Crippen molar-refractivity contribution in [3.8, 4) is 0 Å². The van der Waals surface area contributed by atoms with Gasteiger partial charge in [-0.2, -0.15) is 0 Å². The highest BCUT2D eigenvalue weighted by Crippen LogP contribution is 2.23. The SMILES string of the molecule is COC(=O)C1CC(OC=O)CCN1C(=O)OC(C)(C)C. The molecule has 1 aliphatic heterocycles. The van der Waals surface area contributed by atoms with Crippen molar-refractivity contribution in [3.05, 3.63) is 0 Å². The van der Waals surface area contributed by atoms with Crippen LogP contribution in [0.4, 0.5) is 4.79 Å². The van der Waals surface area contributed by atoms with Gasteiger partial charge in [-0.1, -0.05) is 0 Å². The fourth-order valence-corrected chi connectivity index (χ4v) is 2.03. The van der Waals surface area contributed by atoms with Gasteiger partial charge < -0.3 is 14.2 Å². The first-order valence-corrected chi connectivity index (χ1v) is 6.45. The van der Waals surface area contributed by atoms with Crippen LogP contribution in [0.15, 0.2) is 0 Å². The quantitative estimate of drug-likeness (QED) is 0.439. The number of carbonyl (C=O) groups excluding carboxylic acids is 3. The van der Waals surface area contributed by atoms with Crippen molar-refractivity contribution in [1.29, 1.82) is 0 Å². The van der Waals surface area contributed by atoms with Crippen LogP contribution in [0.3, 0.4) is 0 Å². The van der Waals surface area contributed by atoms with E-state index >= 15 is 0 Å². The molecule has 1 fully saturated rings. The fraction of sp³-hybridized carbons (Fsp3) is 0.769. The lowest BCUT2D eigenvalue weighted by Gasteiger charge is -2.37. The molecule has 0 radical (unpaired) electrons. The van der Waals surface area contributed by atoms with Gasteiger partial charge in [-0.05, 0) is 20.8 Å². The maximum Gasteiger partial charge on any atom is 0.411 e. The Morgan fingerprint density at radius 1 is 1.30 bits per heavy atom. The van der Waals surface area contributed by atoms with Gasteiger partial charge in [-0.3, -0.25) is 9.69 Å². The van der Waals surface area contributed by atoms with Crippen molar-refractivity contribution in [2.75, 3.05) is 13.7 Å². The highest BCUT2D eigenvalue weighted by molar-refractivity contribution is 5.81. The first-order valence-electron chi connectivity index (χ1n) is 6.45. The standard InChI is InChI=1S/C13H21NO6/c1-13(2,3)20-12(17)14-6-5-9(19-8-15)7-10(14)11(16)18-4/h8-10H,5-7H2,1-4H3. The number of carbonyl (C=O) groups is 3. The zero-order chi connectivity index (χ0) is 15.3. The van der Waals surface area contributed by atoms with Gasteiger partial charge in [0.05, 0.1) is 7.11 Å². The van der Waals surface area contributed by atoms with Crippen LogP contribution in [0.25, 0.3) is 0 Å². The molecule has 1 heterocycles. The van der Waals surface area contributed by atoms with Crippen LogP contribution in [0.1, 0.15) is 33.6 Å². The van der Waals surface area contributed by atoms with E-state index in [4.69, 9.17) is 14.2 Å². The summed E-state index contributed by atoms with van der Waals surface area (Å²) in [6.45, 7) is 5.87. The van der Waals surface area contributed by atoms with E-state index in [1.165, 1.54) is 12.0 Å². The molecule has 0 aromatic carbocycles. The highest BCUT2D eigenvalue weighted by Gasteiger charge is 2.39. The van der Waals surface area contributed by atoms with Crippen molar-refractivity contribution in [3.63, 3.8) is 0 Å². The Labute approximate surface area is 118 Å². The molecule has 1 rings (SSSR count). The molecule has 0 saturated carbocycles. The van der Waals surface area contributed by atoms with Gasteiger partial charge in [0.2, 0.25) is 0 Å². The van der Waals surface area contributed by atoms with Crippen molar-refractivity contribution in [1.82, 2.24) is 4.90 Å². The molecule has 0 bridgehead atoms. The predicted molar refractivity (Wildman–Crippen MR) is 68.9 cm³/mol. The van der Waals surface area contributed by atoms with Crippen LogP contribution < -0.4 is 0 Å². The molecule has 1 saturated heterocycles. The summed E-state index contributed by atoms with van der Waals surface area (Å²) >= 11 is 0. The van der Waals surface area contributed by atoms with Gasteiger partial charge in [0.15, 0.2) is 0 Å². The number of hydrogen-bond acceptors (Lipinski definition) is 6. The van der Waals surface area contributed by atoms with Crippen LogP contribution >= 0.6 is 0 Å². The van der Waals surface area contributed by atoms with Crippen molar-refractivity contribution in [2.24, 2.45) is 0 Å². The number of esters is 1. The summed E-state index contributed by atoms with van der Waals surface area (Å²) in [5, 5.41) is 0. The number of amides is 1. The van der Waals surface area contributed by atoms with Crippen molar-refractivity contribution in [2.45, 2.75) is 51.4 Å². The third kappa shape index (κ3) is 4.40. The molecule has 1 aliphatic rings. The summed E-state index contributed by atoms with van der Waals surface area (Å²) in [5.74, 6) is -0.546. The minimum absolute atomic E-state index is 0.213. The number of ether oxygens (including phenoxy) is 3. The number of rotatable bonds is 3. The molecule has 2 unspecified atom stereocenters. The average molecular weight is 287 g/mol. The molecule has 0 aromatic rings. The summed E-state index contributed by atoms with van der Waals surface area (Å²) < 4.78 is 14.8. The fourth-order valence-electron chi connectivity index (χ4n) is 2.03. The first kappa shape index (κ1) is 16.3. The molecule has 20 heavy (non-hydrogen) atoms. The number of piperidine rings is 1. The lowest BCUT2D eigenvalue weighted by molar-refractivity contribution is -0.153. The second-order valence-corrected chi connectivity index (χ2v) is 5.59. The van der Waals surface area contributed by atoms with Gasteiger partial charge in [0, 0.05) is 19.4 Å². The van der Waals surface area contributed by atoms with E-state index in [9.17, 15) is 14.4 Å². The maximum atomic E-state index is 12.1. The summed E-state index contributed by atoms with van der Waals surface area (Å²) in [4.78, 5) is 35.6. The van der Waals surface area contributed by atoms with Gasteiger partial charge in [0.1, 0.15) is 17.7 Å². The second kappa shape index (κ2) is 6.58. The van der Waals surface area contributed by atoms with Gasteiger partial charge in [0.25, 0.3) is 6.47 Å². The number of likely N-dealkylation sites (tertiary alicyclic amines) is 1. The minimum atomic E-state index is -0.798. The van der Waals surface area contributed by atoms with Gasteiger partial charge >= 0.3 is 12.1 Å². The lowest BCUT2D eigenvalue weighted by atomic mass is 10.00. The third-order valence-electron chi connectivity index (χ3n) is 2.90. The topological polar surface area (TPSA) is 82.1 Å². The minimum Gasteiger partial charge on any atom is -0.467 e. The molecular weight excluding hydrogens is 266 g/mol. The number of methoxy groups -OCH3 is 1. The van der Waals surface area contributed by atoms with Gasteiger partial charge in [-0.25, -0.2) is 9.59 Å². The largest absolute Gasteiger partial charge is 0.467 e. The van der Waals surface area contributed by atoms with Crippen LogP contribution in [0.5, 0.6) is 0 Å². The molecule has 114 valence electrons. The van der Waals surface area contributed by atoms with E-state index in [1.807, 2.05) is 0 Å². The summed E-state index contributed by atoms with van der Waals surface area (Å²) in [6.07, 6.45) is -0.288. The average Bonchev–Trinajstić information content (AvgIpc) is 2.36. The second-order valence-electron chi connectivity index (χ2n) is 5.59. The third-order valence-corrected chi connectivity index (χ3v) is 2.90. The van der Waals surface area contributed by atoms with Crippen LogP contribution in [0.2, 0.25) is 0 Å². The Morgan fingerprint density at radius 3 is 2.45 bits per heavy atom. The molecule has 2 atom stereocenters. The normalized spacial score (nSPS) is 22.9. The molecule has 0 N–H and O–H groups in total. The van der Waals surface area contributed by atoms with E-state index < -0.39 is 29.8 Å². The van der Waals surface area contributed by atoms with Crippen LogP contribution in [-0.2, 0) is 23.8 Å². The molecular formula is C13H21NO6. The number of nitrogens with zero attached hydrogens (tertiary/aromatic N) is 1. The van der Waals surface area contributed by atoms with Crippen LogP contribution in [0, 0.1) is 0 Å². The van der Waals surface area contributed by atoms with Crippen LogP contribution in [-0.4, -0.2) is 54.8 Å². The molecule has 0 aromatic heterocycles. The Balaban J connectivity index is 2.80. The van der Waals surface area contributed by atoms with E-state index in [0.717, 1.165) is 0 Å². The van der Waals surface area contributed by atoms with E-state index in [-0.39, 0.29) is 13.0 Å². The maximum absolute atomic E-state index is 12.1. The smallest absolute Gasteiger partial charge is 0.411 e. The Hall–Kier alpha value is -1.79. The van der Waals surface area contributed by atoms with Crippen molar-refractivity contribution >= 4 is 18.5 Å². The first-order chi connectivity index (χ1) is 9.28. The predicted octanol–water partition coefficient (Wildman–Crippen LogP) is 1.10. The molecule has 7 nitrogen and oxygen atoms in total. The Morgan fingerprint density at radius 2 is 1.95 bits per heavy atom. The Kier molecular flexibility index (Phi) is 5.35. The van der Waals surface area contributed by atoms with Crippen molar-refractivity contribution < 1.29 is 28.6 Å². The summed E-state index contributed by atoms with van der Waals surface area (Å²) in [6, 6.07) is -0.798. The molecule has 7 heteroatoms.